The molecular weight excluding hydrogens is 478 g/mol. The Morgan fingerprint density at radius 2 is 1.79 bits per heavy atom. The largest absolute Gasteiger partial charge is 0.444 e. The van der Waals surface area contributed by atoms with E-state index in [0.717, 1.165) is 48.5 Å². The van der Waals surface area contributed by atoms with Crippen molar-refractivity contribution < 1.29 is 14.3 Å². The van der Waals surface area contributed by atoms with Crippen LogP contribution in [0.1, 0.15) is 57.8 Å². The Morgan fingerprint density at radius 1 is 1.03 bits per heavy atom. The number of hydrogen-bond acceptors (Lipinski definition) is 4. The number of rotatable bonds is 5. The zero-order chi connectivity index (χ0) is 27.0. The summed E-state index contributed by atoms with van der Waals surface area (Å²) in [4.78, 5) is 32.6. The number of amides is 2. The van der Waals surface area contributed by atoms with E-state index < -0.39 is 11.7 Å². The lowest BCUT2D eigenvalue weighted by atomic mass is 10.0. The monoisotopic (exact) mass is 515 g/mol. The molecule has 0 bridgehead atoms. The number of piperidine rings is 1. The topological polar surface area (TPSA) is 81.4 Å². The molecule has 5 rings (SSSR count). The van der Waals surface area contributed by atoms with Gasteiger partial charge in [-0.05, 0) is 77.8 Å². The molecule has 8 heteroatoms. The smallest absolute Gasteiger partial charge is 0.407 e. The number of carbonyl (C=O) groups is 2. The van der Waals surface area contributed by atoms with Crippen molar-refractivity contribution >= 4 is 33.9 Å². The maximum Gasteiger partial charge on any atom is 0.407 e. The molecule has 1 aliphatic rings. The quantitative estimate of drug-likeness (QED) is 0.363. The molecule has 3 heterocycles. The molecule has 2 amide bonds. The number of nitrogens with zero attached hydrogens (tertiary/aromatic N) is 4. The van der Waals surface area contributed by atoms with Gasteiger partial charge in [-0.25, -0.2) is 9.78 Å². The van der Waals surface area contributed by atoms with Crippen LogP contribution in [0.25, 0.3) is 33.5 Å². The van der Waals surface area contributed by atoms with Crippen LogP contribution in [0, 0.1) is 0 Å². The molecule has 1 atom stereocenters. The number of imidazole rings is 1. The molecule has 1 fully saturated rings. The van der Waals surface area contributed by atoms with Gasteiger partial charge in [0.15, 0.2) is 5.82 Å². The number of alkyl carbamates (subject to hydrolysis) is 1. The second kappa shape index (κ2) is 10.2. The molecule has 2 aromatic heterocycles. The normalized spacial score (nSPS) is 16.2. The van der Waals surface area contributed by atoms with Gasteiger partial charge in [0.25, 0.3) is 5.91 Å². The number of para-hydroxylation sites is 1. The van der Waals surface area contributed by atoms with E-state index in [2.05, 4.69) is 58.6 Å². The summed E-state index contributed by atoms with van der Waals surface area (Å²) in [6.45, 7) is 12.5. The summed E-state index contributed by atoms with van der Waals surface area (Å²) in [5.74, 6) is 0.864. The van der Waals surface area contributed by atoms with E-state index in [9.17, 15) is 9.59 Å². The number of benzene rings is 2. The zero-order valence-electron chi connectivity index (χ0n) is 23.0. The van der Waals surface area contributed by atoms with E-state index in [1.54, 1.807) is 0 Å². The molecule has 2 aromatic carbocycles. The summed E-state index contributed by atoms with van der Waals surface area (Å²) in [7, 11) is 0. The molecule has 1 saturated heterocycles. The van der Waals surface area contributed by atoms with Crippen LogP contribution in [0.5, 0.6) is 0 Å². The molecule has 38 heavy (non-hydrogen) atoms. The molecule has 200 valence electrons. The number of carbonyl (C=O) groups excluding carboxylic acids is 2. The third-order valence-electron chi connectivity index (χ3n) is 7.10. The molecule has 1 aliphatic heterocycles. The van der Waals surface area contributed by atoms with Gasteiger partial charge in [0.05, 0.1) is 16.7 Å². The number of aryl methyl sites for hydroxylation is 2. The Bertz CT molecular complexity index is 1490. The first-order chi connectivity index (χ1) is 18.2. The third kappa shape index (κ3) is 4.99. The van der Waals surface area contributed by atoms with E-state index in [1.165, 1.54) is 10.9 Å². The lowest BCUT2D eigenvalue weighted by Gasteiger charge is -2.33. The average molecular weight is 516 g/mol. The van der Waals surface area contributed by atoms with Gasteiger partial charge in [-0.15, -0.1) is 0 Å². The third-order valence-corrected chi connectivity index (χ3v) is 7.10. The second-order valence-corrected chi connectivity index (χ2v) is 11.0. The number of nitrogens with one attached hydrogen (secondary N) is 1. The summed E-state index contributed by atoms with van der Waals surface area (Å²) in [6.07, 6.45) is 1.20. The van der Waals surface area contributed by atoms with E-state index in [4.69, 9.17) is 9.72 Å². The van der Waals surface area contributed by atoms with Gasteiger partial charge in [-0.2, -0.15) is 0 Å². The highest BCUT2D eigenvalue weighted by molar-refractivity contribution is 5.98. The van der Waals surface area contributed by atoms with Crippen LogP contribution in [0.2, 0.25) is 0 Å². The molecule has 0 unspecified atom stereocenters. The highest BCUT2D eigenvalue weighted by Crippen LogP contribution is 2.31. The second-order valence-electron chi connectivity index (χ2n) is 11.0. The Balaban J connectivity index is 1.41. The molecule has 0 saturated carbocycles. The van der Waals surface area contributed by atoms with Gasteiger partial charge in [0.1, 0.15) is 5.60 Å². The van der Waals surface area contributed by atoms with Crippen LogP contribution in [0.4, 0.5) is 4.79 Å². The van der Waals surface area contributed by atoms with Crippen LogP contribution in [-0.4, -0.2) is 55.8 Å². The van der Waals surface area contributed by atoms with Crippen LogP contribution < -0.4 is 5.32 Å². The summed E-state index contributed by atoms with van der Waals surface area (Å²) in [5.41, 5.74) is 4.13. The average Bonchev–Trinajstić information content (AvgIpc) is 3.44. The number of fused-ring (bicyclic) bond motifs is 2. The molecule has 0 radical (unpaired) electrons. The van der Waals surface area contributed by atoms with Crippen LogP contribution in [0.3, 0.4) is 0 Å². The summed E-state index contributed by atoms with van der Waals surface area (Å²) in [6, 6.07) is 16.2. The van der Waals surface area contributed by atoms with Gasteiger partial charge in [0, 0.05) is 48.7 Å². The lowest BCUT2D eigenvalue weighted by molar-refractivity contribution is 0.0452. The first kappa shape index (κ1) is 25.8. The van der Waals surface area contributed by atoms with Crippen molar-refractivity contribution in [1.29, 1.82) is 0 Å². The Labute approximate surface area is 223 Å². The van der Waals surface area contributed by atoms with Crippen molar-refractivity contribution in [3.05, 3.63) is 54.1 Å². The summed E-state index contributed by atoms with van der Waals surface area (Å²) in [5, 5.41) is 4.12. The standard InChI is InChI=1S/C30H37N5O3/c1-6-34-24-13-9-8-11-20(24)18-26(34)27-32-23-17-21(14-15-25(23)35(27)7-2)28(36)33-16-10-12-22(19-33)31-29(37)38-30(3,4)5/h8-9,11,13-15,17-18,22H,6-7,10,12,16,19H2,1-5H3,(H,31,37)/t22-/m1/s1. The highest BCUT2D eigenvalue weighted by Gasteiger charge is 2.28. The predicted molar refractivity (Wildman–Crippen MR) is 150 cm³/mol. The van der Waals surface area contributed by atoms with Crippen molar-refractivity contribution in [3.63, 3.8) is 0 Å². The molecular formula is C30H37N5O3. The van der Waals surface area contributed by atoms with Gasteiger partial charge in [0.2, 0.25) is 0 Å². The van der Waals surface area contributed by atoms with Crippen molar-refractivity contribution in [2.45, 2.75) is 72.2 Å². The van der Waals surface area contributed by atoms with Gasteiger partial charge in [-0.1, -0.05) is 18.2 Å². The van der Waals surface area contributed by atoms with Crippen LogP contribution >= 0.6 is 0 Å². The first-order valence-electron chi connectivity index (χ1n) is 13.6. The van der Waals surface area contributed by atoms with Gasteiger partial charge in [-0.3, -0.25) is 4.79 Å². The summed E-state index contributed by atoms with van der Waals surface area (Å²) < 4.78 is 9.91. The van der Waals surface area contributed by atoms with Crippen LogP contribution in [-0.2, 0) is 17.8 Å². The van der Waals surface area contributed by atoms with Gasteiger partial charge < -0.3 is 24.1 Å². The molecule has 8 nitrogen and oxygen atoms in total. The maximum atomic E-state index is 13.5. The molecule has 4 aromatic rings. The van der Waals surface area contributed by atoms with Crippen LogP contribution in [0.15, 0.2) is 48.5 Å². The van der Waals surface area contributed by atoms with E-state index in [0.29, 0.717) is 18.7 Å². The Kier molecular flexibility index (Phi) is 6.90. The Morgan fingerprint density at radius 3 is 2.53 bits per heavy atom. The summed E-state index contributed by atoms with van der Waals surface area (Å²) >= 11 is 0. The number of likely N-dealkylation sites (tertiary alicyclic amines) is 1. The van der Waals surface area contributed by atoms with Crippen molar-refractivity contribution in [2.24, 2.45) is 0 Å². The predicted octanol–water partition coefficient (Wildman–Crippen LogP) is 5.83. The Hall–Kier alpha value is -3.81. The fourth-order valence-corrected chi connectivity index (χ4v) is 5.45. The van der Waals surface area contributed by atoms with E-state index in [-0.39, 0.29) is 11.9 Å². The molecule has 0 spiro atoms. The SMILES string of the molecule is CCn1c(-c2nc3cc(C(=O)N4CCC[C@@H](NC(=O)OC(C)(C)C)C4)ccc3n2CC)cc2ccccc21. The number of aromatic nitrogens is 3. The molecule has 1 N–H and O–H groups in total. The van der Waals surface area contributed by atoms with Crippen molar-refractivity contribution in [1.82, 2.24) is 24.3 Å². The highest BCUT2D eigenvalue weighted by atomic mass is 16.6. The van der Waals surface area contributed by atoms with Gasteiger partial charge >= 0.3 is 6.09 Å². The zero-order valence-corrected chi connectivity index (χ0v) is 23.0. The number of hydrogen-bond donors (Lipinski definition) is 1. The first-order valence-corrected chi connectivity index (χ1v) is 13.6. The molecule has 0 aliphatic carbocycles. The minimum atomic E-state index is -0.560. The number of ether oxygens (including phenoxy) is 1. The maximum absolute atomic E-state index is 13.5. The fourth-order valence-electron chi connectivity index (χ4n) is 5.45. The fraction of sp³-hybridized carbons (Fsp3) is 0.433. The van der Waals surface area contributed by atoms with Crippen molar-refractivity contribution in [3.8, 4) is 11.5 Å². The van der Waals surface area contributed by atoms with E-state index >= 15 is 0 Å². The lowest BCUT2D eigenvalue weighted by Crippen LogP contribution is -2.50. The van der Waals surface area contributed by atoms with E-state index in [1.807, 2.05) is 43.9 Å². The minimum Gasteiger partial charge on any atom is -0.444 e. The van der Waals surface area contributed by atoms with Crippen molar-refractivity contribution in [2.75, 3.05) is 13.1 Å². The minimum absolute atomic E-state index is 0.0436.